The molecule has 4 aromatic carbocycles. The molecule has 0 spiro atoms. The largest absolute Gasteiger partial charge is 0.508 e. The number of benzene rings is 4. The summed E-state index contributed by atoms with van der Waals surface area (Å²) in [4.78, 5) is 46.5. The lowest BCUT2D eigenvalue weighted by Crippen LogP contribution is -2.52. The van der Waals surface area contributed by atoms with Crippen LogP contribution >= 0.6 is 0 Å². The quantitative estimate of drug-likeness (QED) is 0.210. The summed E-state index contributed by atoms with van der Waals surface area (Å²) in [7, 11) is 1.71. The Morgan fingerprint density at radius 2 is 1.43 bits per heavy atom. The highest BCUT2D eigenvalue weighted by molar-refractivity contribution is 6.05. The van der Waals surface area contributed by atoms with Crippen molar-refractivity contribution >= 4 is 29.1 Å². The van der Waals surface area contributed by atoms with E-state index >= 15 is 0 Å². The fraction of sp³-hybridized carbons (Fsp3) is 0.413. The van der Waals surface area contributed by atoms with Crippen molar-refractivity contribution in [3.63, 3.8) is 0 Å². The highest BCUT2D eigenvalue weighted by Gasteiger charge is 2.39. The maximum atomic E-state index is 13.2. The summed E-state index contributed by atoms with van der Waals surface area (Å²) >= 11 is 0. The zero-order valence-electron chi connectivity index (χ0n) is 32.2. The molecule has 0 aromatic heterocycles. The predicted molar refractivity (Wildman–Crippen MR) is 217 cm³/mol. The van der Waals surface area contributed by atoms with Crippen LogP contribution in [0, 0.1) is 5.92 Å². The van der Waals surface area contributed by atoms with Crippen LogP contribution in [0.25, 0.3) is 0 Å². The normalized spacial score (nSPS) is 23.2. The molecular formula is C46H51N5O5. The summed E-state index contributed by atoms with van der Waals surface area (Å²) in [6.07, 6.45) is 4.99. The number of imide groups is 1. The van der Waals surface area contributed by atoms with Crippen molar-refractivity contribution in [2.24, 2.45) is 5.92 Å². The number of hydrogen-bond donors (Lipinski definition) is 2. The highest BCUT2D eigenvalue weighted by atomic mass is 16.5. The van der Waals surface area contributed by atoms with Crippen LogP contribution in [-0.4, -0.2) is 91.6 Å². The van der Waals surface area contributed by atoms with Gasteiger partial charge in [-0.25, -0.2) is 0 Å². The SMILES string of the molecule is COc1ccc(C2CCc3cc(O)ccc3C2c2ccc(N3CCC(CN4CCN(c5ccc6c(c5)CN(C5CCC(=O)NC5=O)C6=O)CC4)CC3)cc2)cc1. The molecular weight excluding hydrogens is 703 g/mol. The molecule has 3 saturated heterocycles. The Bertz CT molecular complexity index is 2100. The third kappa shape index (κ3) is 7.11. The van der Waals surface area contributed by atoms with Crippen LogP contribution in [0.4, 0.5) is 11.4 Å². The summed E-state index contributed by atoms with van der Waals surface area (Å²) in [6, 6.07) is 29.2. The minimum Gasteiger partial charge on any atom is -0.508 e. The molecule has 10 heteroatoms. The molecule has 290 valence electrons. The van der Waals surface area contributed by atoms with Gasteiger partial charge in [0.05, 0.1) is 7.11 Å². The second-order valence-corrected chi connectivity index (χ2v) is 16.3. The van der Waals surface area contributed by atoms with Crippen molar-refractivity contribution in [1.29, 1.82) is 0 Å². The summed E-state index contributed by atoms with van der Waals surface area (Å²) in [5, 5.41) is 12.7. The van der Waals surface area contributed by atoms with Crippen LogP contribution in [0.15, 0.2) is 84.9 Å². The lowest BCUT2D eigenvalue weighted by molar-refractivity contribution is -0.136. The Balaban J connectivity index is 0.785. The first kappa shape index (κ1) is 36.3. The number of aromatic hydroxyl groups is 1. The van der Waals surface area contributed by atoms with Gasteiger partial charge in [-0.1, -0.05) is 30.3 Å². The Hall–Kier alpha value is -5.35. The molecule has 3 atom stereocenters. The number of piperidine rings is 2. The van der Waals surface area contributed by atoms with Gasteiger partial charge in [-0.2, -0.15) is 0 Å². The van der Waals surface area contributed by atoms with Gasteiger partial charge in [0.15, 0.2) is 0 Å². The highest BCUT2D eigenvalue weighted by Crippen LogP contribution is 2.47. The van der Waals surface area contributed by atoms with E-state index in [1.807, 2.05) is 24.3 Å². The van der Waals surface area contributed by atoms with Gasteiger partial charge in [-0.15, -0.1) is 0 Å². The van der Waals surface area contributed by atoms with Gasteiger partial charge in [0.2, 0.25) is 11.8 Å². The van der Waals surface area contributed by atoms with Crippen molar-refractivity contribution in [2.75, 3.05) is 62.7 Å². The van der Waals surface area contributed by atoms with Crippen molar-refractivity contribution < 1.29 is 24.2 Å². The van der Waals surface area contributed by atoms with Gasteiger partial charge >= 0.3 is 0 Å². The average Bonchev–Trinajstić information content (AvgIpc) is 3.55. The first-order valence-electron chi connectivity index (χ1n) is 20.4. The molecule has 4 aliphatic heterocycles. The number of carbonyl (C=O) groups excluding carboxylic acids is 3. The van der Waals surface area contributed by atoms with E-state index in [0.29, 0.717) is 36.1 Å². The first-order chi connectivity index (χ1) is 27.3. The van der Waals surface area contributed by atoms with Gasteiger partial charge in [0.25, 0.3) is 5.91 Å². The van der Waals surface area contributed by atoms with Crippen molar-refractivity contribution in [1.82, 2.24) is 15.1 Å². The number of hydrogen-bond acceptors (Lipinski definition) is 8. The van der Waals surface area contributed by atoms with Crippen LogP contribution in [0.5, 0.6) is 11.5 Å². The van der Waals surface area contributed by atoms with E-state index in [1.165, 1.54) is 40.8 Å². The van der Waals surface area contributed by atoms with E-state index in [9.17, 15) is 19.5 Å². The molecule has 0 saturated carbocycles. The summed E-state index contributed by atoms with van der Waals surface area (Å²) in [6.45, 7) is 7.58. The molecule has 3 amide bonds. The third-order valence-electron chi connectivity index (χ3n) is 13.1. The third-order valence-corrected chi connectivity index (χ3v) is 13.1. The molecule has 1 aliphatic carbocycles. The van der Waals surface area contributed by atoms with Crippen molar-refractivity contribution in [3.05, 3.63) is 118 Å². The zero-order chi connectivity index (χ0) is 38.3. The summed E-state index contributed by atoms with van der Waals surface area (Å²) in [5.41, 5.74) is 9.23. The van der Waals surface area contributed by atoms with Crippen LogP contribution in [0.3, 0.4) is 0 Å². The Morgan fingerprint density at radius 1 is 0.714 bits per heavy atom. The smallest absolute Gasteiger partial charge is 0.255 e. The van der Waals surface area contributed by atoms with Crippen LogP contribution < -0.4 is 19.9 Å². The number of nitrogens with one attached hydrogen (secondary N) is 1. The van der Waals surface area contributed by atoms with E-state index < -0.39 is 6.04 Å². The number of carbonyl (C=O) groups is 3. The molecule has 9 rings (SSSR count). The van der Waals surface area contributed by atoms with E-state index in [0.717, 1.165) is 75.7 Å². The van der Waals surface area contributed by atoms with Crippen molar-refractivity contribution in [3.8, 4) is 11.5 Å². The first-order valence-corrected chi connectivity index (χ1v) is 20.4. The molecule has 56 heavy (non-hydrogen) atoms. The maximum absolute atomic E-state index is 13.2. The standard InChI is InChI=1S/C46H51N5O5/c1-56-38-11-4-31(5-12-38)39-13-6-33-27-37(52)10-15-40(33)44(39)32-2-7-35(8-3-32)49-20-18-30(19-21-49)28-48-22-24-50(25-23-48)36-9-14-41-34(26-36)29-51(46(41)55)42-16-17-43(53)47-45(42)54/h2-5,7-12,14-15,26-27,30,39,42,44,52H,6,13,16-25,28-29H2,1H3,(H,47,53,54). The predicted octanol–water partition coefficient (Wildman–Crippen LogP) is 6.06. The minimum atomic E-state index is -0.589. The molecule has 0 radical (unpaired) electrons. The molecule has 2 N–H and O–H groups in total. The number of anilines is 2. The summed E-state index contributed by atoms with van der Waals surface area (Å²) in [5.74, 6) is 1.69. The molecule has 4 heterocycles. The number of phenols is 1. The lowest BCUT2D eigenvalue weighted by atomic mass is 9.69. The molecule has 3 unspecified atom stereocenters. The van der Waals surface area contributed by atoms with Gasteiger partial charge in [0.1, 0.15) is 17.5 Å². The average molecular weight is 754 g/mol. The Kier molecular flexibility index (Phi) is 9.91. The molecule has 4 aromatic rings. The number of piperazine rings is 1. The zero-order valence-corrected chi connectivity index (χ0v) is 32.2. The van der Waals surface area contributed by atoms with E-state index in [-0.39, 0.29) is 30.1 Å². The Morgan fingerprint density at radius 3 is 2.16 bits per heavy atom. The molecule has 3 fully saturated rings. The fourth-order valence-corrected chi connectivity index (χ4v) is 10.0. The van der Waals surface area contributed by atoms with E-state index in [4.69, 9.17) is 4.74 Å². The number of rotatable bonds is 8. The number of amides is 3. The monoisotopic (exact) mass is 753 g/mol. The number of aryl methyl sites for hydroxylation is 1. The van der Waals surface area contributed by atoms with E-state index in [2.05, 4.69) is 80.7 Å². The van der Waals surface area contributed by atoms with Crippen LogP contribution in [0.2, 0.25) is 0 Å². The van der Waals surface area contributed by atoms with Crippen LogP contribution in [0.1, 0.15) is 82.1 Å². The summed E-state index contributed by atoms with van der Waals surface area (Å²) < 4.78 is 5.45. The van der Waals surface area contributed by atoms with Crippen molar-refractivity contribution in [2.45, 2.75) is 62.9 Å². The minimum absolute atomic E-state index is 0.124. The number of nitrogens with zero attached hydrogens (tertiary/aromatic N) is 4. The second-order valence-electron chi connectivity index (χ2n) is 16.3. The number of methoxy groups -OCH3 is 1. The molecule has 10 nitrogen and oxygen atoms in total. The van der Waals surface area contributed by atoms with Gasteiger partial charge in [-0.05, 0) is 126 Å². The fourth-order valence-electron chi connectivity index (χ4n) is 10.0. The molecule has 0 bridgehead atoms. The Labute approximate surface area is 329 Å². The second kappa shape index (κ2) is 15.3. The van der Waals surface area contributed by atoms with Gasteiger partial charge in [-0.3, -0.25) is 24.6 Å². The van der Waals surface area contributed by atoms with E-state index in [1.54, 1.807) is 12.0 Å². The molecule has 5 aliphatic rings. The maximum Gasteiger partial charge on any atom is 0.255 e. The van der Waals surface area contributed by atoms with Gasteiger partial charge < -0.3 is 24.5 Å². The number of fused-ring (bicyclic) bond motifs is 2. The number of phenolic OH excluding ortho intramolecular Hbond substituents is 1. The number of ether oxygens (including phenoxy) is 1. The lowest BCUT2D eigenvalue weighted by Gasteiger charge is -2.40. The van der Waals surface area contributed by atoms with Crippen LogP contribution in [-0.2, 0) is 22.6 Å². The topological polar surface area (TPSA) is 106 Å². The van der Waals surface area contributed by atoms with Gasteiger partial charge in [0, 0.05) is 81.6 Å².